The van der Waals surface area contributed by atoms with Gasteiger partial charge in [-0.15, -0.1) is 0 Å². The molecule has 6 rings (SSSR count). The molecule has 1 aliphatic rings. The van der Waals surface area contributed by atoms with Gasteiger partial charge in [-0.25, -0.2) is 34.0 Å². The highest BCUT2D eigenvalue weighted by molar-refractivity contribution is 6.26. The van der Waals surface area contributed by atoms with Crippen LogP contribution in [0, 0.1) is 0 Å². The minimum atomic E-state index is -0.953. The third-order valence-corrected chi connectivity index (χ3v) is 8.62. The summed E-state index contributed by atoms with van der Waals surface area (Å²) in [5.74, 6) is -2.74. The number of benzene rings is 5. The van der Waals surface area contributed by atoms with E-state index in [1.807, 2.05) is 48.5 Å². The summed E-state index contributed by atoms with van der Waals surface area (Å²) in [6.45, 7) is 9.21. The van der Waals surface area contributed by atoms with Crippen LogP contribution in [0.25, 0.3) is 11.1 Å². The van der Waals surface area contributed by atoms with Gasteiger partial charge in [0.15, 0.2) is 11.9 Å². The molecule has 1 unspecified atom stereocenters. The van der Waals surface area contributed by atoms with Gasteiger partial charge in [0, 0.05) is 35.4 Å². The fourth-order valence-electron chi connectivity index (χ4n) is 5.70. The molecule has 14 heteroatoms. The van der Waals surface area contributed by atoms with Crippen molar-refractivity contribution in [2.45, 2.75) is 6.10 Å². The summed E-state index contributed by atoms with van der Waals surface area (Å²) >= 11 is 0. The molecule has 61 heavy (non-hydrogen) atoms. The van der Waals surface area contributed by atoms with E-state index >= 15 is 0 Å². The summed E-state index contributed by atoms with van der Waals surface area (Å²) in [5, 5.41) is 0. The number of aliphatic imine (C=N–C) groups is 2. The standard InChI is InChI=1S/C47H36N2O12/c1-4-42(50)56-27-35(59-44(52)6-3)26-55-32-19-15-31(16-20-32)47(54)61-41-24-23-34(60-46(53)30-17-21-33(22-18-30)57-29-58-43(51)5-2)25-40(41)48-28-49-45-38-13-9-7-11-36(38)37-12-8-10-14-39(37)45/h4-25,28,35H,1-3,26-27,29H2/b48-28+. The average Bonchev–Trinajstić information content (AvgIpc) is 3.61. The van der Waals surface area contributed by atoms with Crippen LogP contribution in [0.2, 0.25) is 0 Å². The Labute approximate surface area is 349 Å². The molecule has 1 atom stereocenters. The highest BCUT2D eigenvalue weighted by atomic mass is 16.7. The van der Waals surface area contributed by atoms with E-state index in [0.717, 1.165) is 40.5 Å². The van der Waals surface area contributed by atoms with Crippen molar-refractivity contribution in [2.75, 3.05) is 20.0 Å². The van der Waals surface area contributed by atoms with E-state index in [4.69, 9.17) is 38.2 Å². The van der Waals surface area contributed by atoms with Crippen molar-refractivity contribution in [1.29, 1.82) is 0 Å². The van der Waals surface area contributed by atoms with Gasteiger partial charge in [-0.2, -0.15) is 0 Å². The molecule has 0 saturated heterocycles. The van der Waals surface area contributed by atoms with Gasteiger partial charge in [-0.05, 0) is 71.8 Å². The third kappa shape index (κ3) is 11.2. The average molecular weight is 821 g/mol. The molecular formula is C47H36N2O12. The third-order valence-electron chi connectivity index (χ3n) is 8.62. The Morgan fingerprint density at radius 1 is 0.557 bits per heavy atom. The highest BCUT2D eigenvalue weighted by Gasteiger charge is 2.24. The monoisotopic (exact) mass is 820 g/mol. The number of rotatable bonds is 18. The first-order valence-corrected chi connectivity index (χ1v) is 18.4. The Morgan fingerprint density at radius 3 is 1.67 bits per heavy atom. The number of ether oxygens (including phenoxy) is 7. The van der Waals surface area contributed by atoms with Gasteiger partial charge in [0.1, 0.15) is 42.5 Å². The summed E-state index contributed by atoms with van der Waals surface area (Å²) in [4.78, 5) is 70.4. The van der Waals surface area contributed by atoms with E-state index in [-0.39, 0.29) is 48.3 Å². The minimum absolute atomic E-state index is 0.0356. The van der Waals surface area contributed by atoms with Crippen molar-refractivity contribution in [3.05, 3.63) is 175 Å². The zero-order chi connectivity index (χ0) is 43.1. The van der Waals surface area contributed by atoms with Crippen LogP contribution < -0.4 is 18.9 Å². The molecule has 14 nitrogen and oxygen atoms in total. The Balaban J connectivity index is 1.20. The maximum atomic E-state index is 13.4. The van der Waals surface area contributed by atoms with Gasteiger partial charge in [-0.1, -0.05) is 68.3 Å². The summed E-state index contributed by atoms with van der Waals surface area (Å²) in [7, 11) is 0. The second-order valence-electron chi connectivity index (χ2n) is 12.6. The second kappa shape index (κ2) is 20.3. The van der Waals surface area contributed by atoms with E-state index in [2.05, 4.69) is 24.7 Å². The normalized spacial score (nSPS) is 11.5. The zero-order valence-corrected chi connectivity index (χ0v) is 32.4. The zero-order valence-electron chi connectivity index (χ0n) is 32.4. The molecule has 0 fully saturated rings. The molecule has 5 aromatic carbocycles. The van der Waals surface area contributed by atoms with Crippen molar-refractivity contribution in [1.82, 2.24) is 0 Å². The Kier molecular flexibility index (Phi) is 14.1. The molecule has 0 heterocycles. The molecule has 1 aliphatic carbocycles. The highest BCUT2D eigenvalue weighted by Crippen LogP contribution is 2.37. The predicted molar refractivity (Wildman–Crippen MR) is 223 cm³/mol. The van der Waals surface area contributed by atoms with Crippen LogP contribution in [0.4, 0.5) is 5.69 Å². The number of nitrogens with zero attached hydrogens (tertiary/aromatic N) is 2. The maximum Gasteiger partial charge on any atom is 0.343 e. The molecule has 0 radical (unpaired) electrons. The number of carbonyl (C=O) groups excluding carboxylic acids is 5. The first kappa shape index (κ1) is 42.2. The number of carbonyl (C=O) groups is 5. The largest absolute Gasteiger partial charge is 0.490 e. The fourth-order valence-corrected chi connectivity index (χ4v) is 5.70. The fraction of sp³-hybridized carbons (Fsp3) is 0.0851. The van der Waals surface area contributed by atoms with Crippen LogP contribution in [0.15, 0.2) is 163 Å². The number of esters is 5. The molecule has 0 N–H and O–H groups in total. The molecule has 0 aromatic heterocycles. The van der Waals surface area contributed by atoms with Crippen molar-refractivity contribution in [3.8, 4) is 34.1 Å². The molecule has 0 aliphatic heterocycles. The first-order chi connectivity index (χ1) is 29.6. The van der Waals surface area contributed by atoms with Gasteiger partial charge in [0.25, 0.3) is 0 Å². The summed E-state index contributed by atoms with van der Waals surface area (Å²) in [6.07, 6.45) is 3.33. The van der Waals surface area contributed by atoms with Crippen LogP contribution >= 0.6 is 0 Å². The topological polar surface area (TPSA) is 175 Å². The molecule has 306 valence electrons. The van der Waals surface area contributed by atoms with Crippen LogP contribution in [-0.2, 0) is 28.6 Å². The maximum absolute atomic E-state index is 13.4. The van der Waals surface area contributed by atoms with E-state index in [1.165, 1.54) is 73.1 Å². The lowest BCUT2D eigenvalue weighted by Gasteiger charge is -2.17. The van der Waals surface area contributed by atoms with Crippen LogP contribution in [0.1, 0.15) is 31.8 Å². The number of hydrogen-bond acceptors (Lipinski definition) is 13. The van der Waals surface area contributed by atoms with E-state index in [0.29, 0.717) is 17.2 Å². The first-order valence-electron chi connectivity index (χ1n) is 18.4. The van der Waals surface area contributed by atoms with Gasteiger partial charge >= 0.3 is 29.8 Å². The molecule has 5 aromatic rings. The lowest BCUT2D eigenvalue weighted by Crippen LogP contribution is -2.30. The molecule has 0 bridgehead atoms. The predicted octanol–water partition coefficient (Wildman–Crippen LogP) is 7.57. The van der Waals surface area contributed by atoms with Gasteiger partial charge in [0.2, 0.25) is 6.79 Å². The Bertz CT molecular complexity index is 2490. The van der Waals surface area contributed by atoms with E-state index < -0.39 is 36.0 Å². The SMILES string of the molecule is C=CC(=O)OCOc1ccc(C(=O)Oc2ccc(OC(=O)c3ccc(OCC(COC(=O)C=C)OC(=O)C=C)cc3)c(/N=C/N=C3c4ccccc4-c4ccccc43)c2)cc1. The summed E-state index contributed by atoms with van der Waals surface area (Å²) in [6, 6.07) is 32.0. The van der Waals surface area contributed by atoms with E-state index in [1.54, 1.807) is 0 Å². The van der Waals surface area contributed by atoms with Crippen molar-refractivity contribution in [3.63, 3.8) is 0 Å². The van der Waals surface area contributed by atoms with Gasteiger partial charge in [-0.3, -0.25) is 0 Å². The van der Waals surface area contributed by atoms with Gasteiger partial charge < -0.3 is 33.2 Å². The molecule has 0 saturated carbocycles. The minimum Gasteiger partial charge on any atom is -0.490 e. The summed E-state index contributed by atoms with van der Waals surface area (Å²) < 4.78 is 37.5. The number of hydrogen-bond donors (Lipinski definition) is 0. The number of fused-ring (bicyclic) bond motifs is 3. The van der Waals surface area contributed by atoms with Crippen molar-refractivity contribution >= 4 is 47.6 Å². The lowest BCUT2D eigenvalue weighted by molar-refractivity contribution is -0.154. The smallest absolute Gasteiger partial charge is 0.343 e. The Hall–Kier alpha value is -8.39. The van der Waals surface area contributed by atoms with Crippen molar-refractivity contribution < 1.29 is 57.1 Å². The second-order valence-corrected chi connectivity index (χ2v) is 12.6. The molecule has 0 amide bonds. The van der Waals surface area contributed by atoms with Crippen LogP contribution in [0.5, 0.6) is 23.0 Å². The van der Waals surface area contributed by atoms with Crippen molar-refractivity contribution in [2.24, 2.45) is 9.98 Å². The van der Waals surface area contributed by atoms with Gasteiger partial charge in [0.05, 0.1) is 16.8 Å². The quantitative estimate of drug-likeness (QED) is 0.0158. The summed E-state index contributed by atoms with van der Waals surface area (Å²) in [5.41, 5.74) is 5.09. The van der Waals surface area contributed by atoms with Crippen LogP contribution in [-0.4, -0.2) is 68.0 Å². The lowest BCUT2D eigenvalue weighted by atomic mass is 10.1. The molecule has 0 spiro atoms. The van der Waals surface area contributed by atoms with E-state index in [9.17, 15) is 24.0 Å². The Morgan fingerprint density at radius 2 is 1.08 bits per heavy atom. The van der Waals surface area contributed by atoms with Crippen LogP contribution in [0.3, 0.4) is 0 Å². The molecular weight excluding hydrogens is 785 g/mol.